The van der Waals surface area contributed by atoms with Crippen LogP contribution in [0, 0.1) is 17.8 Å². The Balaban J connectivity index is 2.87. The van der Waals surface area contributed by atoms with Gasteiger partial charge in [-0.1, -0.05) is 49.8 Å². The molecule has 0 aliphatic rings. The first kappa shape index (κ1) is 31.1. The minimum atomic E-state index is -1.46. The van der Waals surface area contributed by atoms with E-state index in [-0.39, 0.29) is 31.1 Å². The molecule has 0 spiro atoms. The monoisotopic (exact) mass is 499 g/mol. The molecule has 0 saturated carbocycles. The van der Waals surface area contributed by atoms with Crippen molar-refractivity contribution in [3.63, 3.8) is 0 Å². The van der Waals surface area contributed by atoms with Crippen molar-refractivity contribution in [2.24, 2.45) is 17.8 Å². The van der Waals surface area contributed by atoms with E-state index in [1.54, 1.807) is 18.3 Å². The van der Waals surface area contributed by atoms with Crippen molar-refractivity contribution in [3.05, 3.63) is 66.0 Å². The van der Waals surface area contributed by atoms with Gasteiger partial charge in [0.15, 0.2) is 0 Å². The molecule has 0 bridgehead atoms. The molecule has 7 heteroatoms. The summed E-state index contributed by atoms with van der Waals surface area (Å²) in [5.74, 6) is -0.881. The predicted molar refractivity (Wildman–Crippen MR) is 140 cm³/mol. The zero-order chi connectivity index (χ0) is 27.1. The third-order valence-electron chi connectivity index (χ3n) is 6.14. The summed E-state index contributed by atoms with van der Waals surface area (Å²) in [7, 11) is 0. The van der Waals surface area contributed by atoms with E-state index in [0.717, 1.165) is 24.0 Å². The van der Waals surface area contributed by atoms with Gasteiger partial charge in [-0.05, 0) is 63.2 Å². The number of aliphatic hydroxyl groups excluding tert-OH is 1. The predicted octanol–water partition coefficient (Wildman–Crippen LogP) is 4.18. The molecular formula is C29H41NO6. The van der Waals surface area contributed by atoms with E-state index in [2.05, 4.69) is 18.0 Å². The molecule has 0 aliphatic heterocycles. The fraction of sp³-hybridized carbons (Fsp3) is 0.517. The maximum Gasteiger partial charge on any atom is 0.303 e. The summed E-state index contributed by atoms with van der Waals surface area (Å²) in [5.41, 5.74) is 0.451. The fourth-order valence-electron chi connectivity index (χ4n) is 3.85. The Morgan fingerprint density at radius 3 is 2.47 bits per heavy atom. The maximum absolute atomic E-state index is 11.9. The van der Waals surface area contributed by atoms with Crippen molar-refractivity contribution in [2.45, 2.75) is 78.1 Å². The molecule has 0 saturated heterocycles. The molecule has 0 amide bonds. The Hall–Kier alpha value is -2.90. The number of nitrogens with zero attached hydrogens (tertiary/aromatic N) is 1. The van der Waals surface area contributed by atoms with Gasteiger partial charge in [0.05, 0.1) is 6.10 Å². The van der Waals surface area contributed by atoms with Gasteiger partial charge in [-0.25, -0.2) is 0 Å². The van der Waals surface area contributed by atoms with Crippen molar-refractivity contribution in [1.29, 1.82) is 0 Å². The number of ether oxygens (including phenoxy) is 1. The van der Waals surface area contributed by atoms with Crippen LogP contribution in [0.2, 0.25) is 0 Å². The summed E-state index contributed by atoms with van der Waals surface area (Å²) in [6.07, 6.45) is 11.8. The number of allylic oxidation sites excluding steroid dienone is 5. The summed E-state index contributed by atoms with van der Waals surface area (Å²) in [4.78, 5) is 38.4. The first-order valence-corrected chi connectivity index (χ1v) is 12.4. The van der Waals surface area contributed by atoms with E-state index < -0.39 is 29.7 Å². The molecule has 1 unspecified atom stereocenters. The number of pyridine rings is 1. The highest BCUT2D eigenvalue weighted by molar-refractivity contribution is 5.66. The van der Waals surface area contributed by atoms with Gasteiger partial charge in [0.1, 0.15) is 24.3 Å². The number of hydrogen-bond donors (Lipinski definition) is 2. The number of aromatic nitrogens is 1. The summed E-state index contributed by atoms with van der Waals surface area (Å²) in [6.45, 7) is 8.65. The van der Waals surface area contributed by atoms with Crippen LogP contribution < -0.4 is 0 Å². The number of hydrogen-bond acceptors (Lipinski definition) is 7. The van der Waals surface area contributed by atoms with Crippen LogP contribution in [0.5, 0.6) is 0 Å². The molecule has 36 heavy (non-hydrogen) atoms. The lowest BCUT2D eigenvalue weighted by Crippen LogP contribution is -2.41. The number of rotatable bonds is 16. The van der Waals surface area contributed by atoms with E-state index >= 15 is 0 Å². The first-order chi connectivity index (χ1) is 17.0. The standard InChI is InChI=1S/C29H41NO6/c1-21(19-25-11-6-7-17-30-25)9-8-10-22(2)27(20-32)23(3)12-13-28(36-24(4)33)29(5,35)16-14-26(34)15-18-31/h6-13,17-18,20-21,23,26-28,34-35H,14-16,19H2,1-5H3/b9-8+,13-12+,22-10+/t21?,23-,26-,27+,28-,29-/m0/s1. The maximum atomic E-state index is 11.9. The van der Waals surface area contributed by atoms with Crippen molar-refractivity contribution in [1.82, 2.24) is 4.98 Å². The van der Waals surface area contributed by atoms with Crippen LogP contribution in [-0.2, 0) is 25.5 Å². The zero-order valence-corrected chi connectivity index (χ0v) is 22.0. The van der Waals surface area contributed by atoms with Crippen LogP contribution in [0.1, 0.15) is 59.6 Å². The highest BCUT2D eigenvalue weighted by atomic mass is 16.6. The molecule has 2 N–H and O–H groups in total. The Bertz CT molecular complexity index is 906. The highest BCUT2D eigenvalue weighted by Crippen LogP contribution is 2.25. The van der Waals surface area contributed by atoms with Crippen molar-refractivity contribution < 1.29 is 29.3 Å². The van der Waals surface area contributed by atoms with Gasteiger partial charge in [-0.15, -0.1) is 0 Å². The fourth-order valence-corrected chi connectivity index (χ4v) is 3.85. The second-order valence-corrected chi connectivity index (χ2v) is 9.69. The highest BCUT2D eigenvalue weighted by Gasteiger charge is 2.33. The molecule has 0 fully saturated rings. The van der Waals surface area contributed by atoms with E-state index in [0.29, 0.717) is 6.29 Å². The van der Waals surface area contributed by atoms with Gasteiger partial charge >= 0.3 is 5.97 Å². The Kier molecular flexibility index (Phi) is 13.8. The zero-order valence-electron chi connectivity index (χ0n) is 22.0. The molecule has 198 valence electrons. The van der Waals surface area contributed by atoms with E-state index in [1.165, 1.54) is 13.8 Å². The molecule has 1 heterocycles. The van der Waals surface area contributed by atoms with Gasteiger partial charge in [-0.3, -0.25) is 9.78 Å². The Morgan fingerprint density at radius 1 is 1.17 bits per heavy atom. The van der Waals surface area contributed by atoms with Crippen LogP contribution in [0.4, 0.5) is 0 Å². The normalized spacial score (nSPS) is 18.2. The lowest BCUT2D eigenvalue weighted by Gasteiger charge is -2.31. The molecule has 0 radical (unpaired) electrons. The molecule has 0 aromatic carbocycles. The topological polar surface area (TPSA) is 114 Å². The van der Waals surface area contributed by atoms with Crippen LogP contribution in [-0.4, -0.2) is 51.5 Å². The van der Waals surface area contributed by atoms with Crippen molar-refractivity contribution in [3.8, 4) is 0 Å². The SMILES string of the molecule is CC(=O)O[C@@H](/C=C/[C@H](C)[C@H](C=O)/C(C)=C/C=C/C(C)Cc1ccccn1)[C@@](C)(O)CC[C@H](O)CC=O. The lowest BCUT2D eigenvalue weighted by molar-refractivity contribution is -0.156. The Morgan fingerprint density at radius 2 is 1.89 bits per heavy atom. The smallest absolute Gasteiger partial charge is 0.303 e. The van der Waals surface area contributed by atoms with E-state index in [9.17, 15) is 24.6 Å². The summed E-state index contributed by atoms with van der Waals surface area (Å²) in [5, 5.41) is 20.7. The largest absolute Gasteiger partial charge is 0.455 e. The molecule has 1 aromatic heterocycles. The molecular weight excluding hydrogens is 458 g/mol. The van der Waals surface area contributed by atoms with Crippen LogP contribution in [0.15, 0.2) is 60.3 Å². The van der Waals surface area contributed by atoms with Gasteiger partial charge in [0, 0.05) is 31.2 Å². The van der Waals surface area contributed by atoms with E-state index in [4.69, 9.17) is 4.74 Å². The average molecular weight is 500 g/mol. The van der Waals surface area contributed by atoms with Gasteiger partial charge in [-0.2, -0.15) is 0 Å². The van der Waals surface area contributed by atoms with Crippen molar-refractivity contribution >= 4 is 18.5 Å². The lowest BCUT2D eigenvalue weighted by atomic mass is 9.86. The number of carbonyl (C=O) groups is 3. The van der Waals surface area contributed by atoms with Crippen LogP contribution in [0.3, 0.4) is 0 Å². The molecule has 6 atom stereocenters. The van der Waals surface area contributed by atoms with Gasteiger partial charge in [0.2, 0.25) is 0 Å². The summed E-state index contributed by atoms with van der Waals surface area (Å²) < 4.78 is 5.33. The second-order valence-electron chi connectivity index (χ2n) is 9.69. The summed E-state index contributed by atoms with van der Waals surface area (Å²) in [6, 6.07) is 5.85. The van der Waals surface area contributed by atoms with Crippen LogP contribution in [0.25, 0.3) is 0 Å². The Labute approximate surface area is 215 Å². The average Bonchev–Trinajstić information content (AvgIpc) is 2.81. The minimum absolute atomic E-state index is 0.0236. The number of carbonyl (C=O) groups excluding carboxylic acids is 3. The van der Waals surface area contributed by atoms with E-state index in [1.807, 2.05) is 44.2 Å². The number of esters is 1. The van der Waals surface area contributed by atoms with Crippen LogP contribution >= 0.6 is 0 Å². The molecule has 1 rings (SSSR count). The first-order valence-electron chi connectivity index (χ1n) is 12.4. The third-order valence-corrected chi connectivity index (χ3v) is 6.14. The van der Waals surface area contributed by atoms with Gasteiger partial charge in [0.25, 0.3) is 0 Å². The minimum Gasteiger partial charge on any atom is -0.455 e. The second kappa shape index (κ2) is 16.0. The molecule has 7 nitrogen and oxygen atoms in total. The number of aldehydes is 2. The molecule has 1 aromatic rings. The van der Waals surface area contributed by atoms with Gasteiger partial charge < -0.3 is 24.5 Å². The summed E-state index contributed by atoms with van der Waals surface area (Å²) >= 11 is 0. The third kappa shape index (κ3) is 11.7. The molecule has 0 aliphatic carbocycles. The van der Waals surface area contributed by atoms with Crippen molar-refractivity contribution in [2.75, 3.05) is 0 Å². The number of aliphatic hydroxyl groups is 2. The quantitative estimate of drug-likeness (QED) is 0.152.